The number of aliphatic hydroxyl groups excluding tert-OH is 1. The third-order valence-corrected chi connectivity index (χ3v) is 4.54. The topological polar surface area (TPSA) is 130 Å². The Labute approximate surface area is 138 Å². The van der Waals surface area contributed by atoms with E-state index in [1.54, 1.807) is 12.4 Å². The molecule has 1 fully saturated rings. The first kappa shape index (κ1) is 14.9. The van der Waals surface area contributed by atoms with E-state index in [0.717, 1.165) is 40.9 Å². The van der Waals surface area contributed by atoms with Gasteiger partial charge in [0.25, 0.3) is 0 Å². The number of anilines is 2. The van der Waals surface area contributed by atoms with E-state index in [1.165, 1.54) is 0 Å². The number of H-pyrrole nitrogens is 1. The summed E-state index contributed by atoms with van der Waals surface area (Å²) in [7, 11) is 0. The molecular formula is C16H19N7O. The van der Waals surface area contributed by atoms with Crippen molar-refractivity contribution in [2.45, 2.75) is 12.0 Å². The maximum Gasteiger partial charge on any atom is 0.220 e. The molecule has 0 bridgehead atoms. The van der Waals surface area contributed by atoms with Crippen LogP contribution in [0.3, 0.4) is 0 Å². The number of aromatic nitrogens is 4. The second kappa shape index (κ2) is 5.43. The van der Waals surface area contributed by atoms with Gasteiger partial charge < -0.3 is 26.5 Å². The van der Waals surface area contributed by atoms with Gasteiger partial charge in [0.2, 0.25) is 5.95 Å². The van der Waals surface area contributed by atoms with Crippen molar-refractivity contribution in [2.75, 3.05) is 30.3 Å². The predicted octanol–water partition coefficient (Wildman–Crippen LogP) is 0.502. The minimum Gasteiger partial charge on any atom is -0.394 e. The number of nitrogens with one attached hydrogen (secondary N) is 1. The first-order valence-corrected chi connectivity index (χ1v) is 7.79. The summed E-state index contributed by atoms with van der Waals surface area (Å²) in [6.45, 7) is 1.35. The molecule has 4 heterocycles. The number of pyridine rings is 1. The summed E-state index contributed by atoms with van der Waals surface area (Å²) in [5.74, 6) is 0.231. The molecule has 3 aromatic rings. The number of nitrogen functional groups attached to an aromatic ring is 1. The van der Waals surface area contributed by atoms with Gasteiger partial charge in [-0.05, 0) is 18.6 Å². The van der Waals surface area contributed by atoms with Crippen molar-refractivity contribution in [1.29, 1.82) is 0 Å². The zero-order valence-corrected chi connectivity index (χ0v) is 13.1. The average molecular weight is 325 g/mol. The van der Waals surface area contributed by atoms with E-state index in [1.807, 2.05) is 18.3 Å². The Balaban J connectivity index is 1.84. The van der Waals surface area contributed by atoms with Gasteiger partial charge in [-0.25, -0.2) is 15.0 Å². The van der Waals surface area contributed by atoms with Crippen molar-refractivity contribution in [2.24, 2.45) is 5.73 Å². The Kier molecular flexibility index (Phi) is 3.36. The van der Waals surface area contributed by atoms with Gasteiger partial charge in [-0.1, -0.05) is 0 Å². The molecule has 1 unspecified atom stereocenters. The fraction of sp³-hybridized carbons (Fsp3) is 0.312. The van der Waals surface area contributed by atoms with Crippen molar-refractivity contribution >= 4 is 22.7 Å². The van der Waals surface area contributed by atoms with E-state index in [4.69, 9.17) is 11.5 Å². The van der Waals surface area contributed by atoms with Crippen LogP contribution >= 0.6 is 0 Å². The van der Waals surface area contributed by atoms with Crippen molar-refractivity contribution in [1.82, 2.24) is 19.9 Å². The fourth-order valence-corrected chi connectivity index (χ4v) is 3.26. The number of nitrogens with two attached hydrogens (primary N) is 2. The Morgan fingerprint density at radius 1 is 1.29 bits per heavy atom. The Hall–Kier alpha value is -2.71. The van der Waals surface area contributed by atoms with Crippen LogP contribution in [0, 0.1) is 0 Å². The van der Waals surface area contributed by atoms with E-state index in [9.17, 15) is 5.11 Å². The minimum atomic E-state index is -0.564. The first-order chi connectivity index (χ1) is 11.6. The van der Waals surface area contributed by atoms with Crippen LogP contribution in [0.25, 0.3) is 22.3 Å². The van der Waals surface area contributed by atoms with Crippen molar-refractivity contribution in [3.63, 3.8) is 0 Å². The highest BCUT2D eigenvalue weighted by molar-refractivity contribution is 6.02. The molecule has 8 nitrogen and oxygen atoms in total. The molecule has 0 aromatic carbocycles. The molecule has 1 aliphatic rings. The molecular weight excluding hydrogens is 306 g/mol. The number of hydrogen-bond acceptors (Lipinski definition) is 7. The standard InChI is InChI=1S/C16H19N7O/c17-15-20-4-1-11(22-15)10-7-21-14-13(10)12(2-5-19-14)23-6-3-16(18,8-23)9-24/h1-2,4-5,7,24H,3,6,8-9,18H2,(H,19,21)(H2,17,20,22). The van der Waals surface area contributed by atoms with Gasteiger partial charge >= 0.3 is 0 Å². The largest absolute Gasteiger partial charge is 0.394 e. The van der Waals surface area contributed by atoms with Crippen molar-refractivity contribution < 1.29 is 5.11 Å². The fourth-order valence-electron chi connectivity index (χ4n) is 3.26. The molecule has 0 amide bonds. The van der Waals surface area contributed by atoms with Gasteiger partial charge in [-0.3, -0.25) is 0 Å². The number of aromatic amines is 1. The van der Waals surface area contributed by atoms with Gasteiger partial charge in [0, 0.05) is 37.2 Å². The number of rotatable bonds is 3. The highest BCUT2D eigenvalue weighted by atomic mass is 16.3. The molecule has 1 atom stereocenters. The van der Waals surface area contributed by atoms with Gasteiger partial charge in [-0.15, -0.1) is 0 Å². The van der Waals surface area contributed by atoms with Gasteiger partial charge in [-0.2, -0.15) is 0 Å². The Morgan fingerprint density at radius 2 is 2.12 bits per heavy atom. The van der Waals surface area contributed by atoms with Gasteiger partial charge in [0.1, 0.15) is 5.65 Å². The molecule has 3 aromatic heterocycles. The van der Waals surface area contributed by atoms with Crippen LogP contribution in [0.2, 0.25) is 0 Å². The molecule has 6 N–H and O–H groups in total. The summed E-state index contributed by atoms with van der Waals surface area (Å²) in [6, 6.07) is 3.79. The quantitative estimate of drug-likeness (QED) is 0.551. The third kappa shape index (κ3) is 2.36. The normalized spacial score (nSPS) is 20.8. The molecule has 0 spiro atoms. The molecule has 4 rings (SSSR count). The zero-order valence-electron chi connectivity index (χ0n) is 13.1. The predicted molar refractivity (Wildman–Crippen MR) is 92.4 cm³/mol. The molecule has 24 heavy (non-hydrogen) atoms. The zero-order chi connectivity index (χ0) is 16.7. The summed E-state index contributed by atoms with van der Waals surface area (Å²) in [4.78, 5) is 18.0. The monoisotopic (exact) mass is 325 g/mol. The van der Waals surface area contributed by atoms with Crippen LogP contribution < -0.4 is 16.4 Å². The van der Waals surface area contributed by atoms with Crippen LogP contribution in [0.15, 0.2) is 30.7 Å². The maximum atomic E-state index is 9.53. The molecule has 1 saturated heterocycles. The van der Waals surface area contributed by atoms with E-state index >= 15 is 0 Å². The Bertz CT molecular complexity index is 893. The van der Waals surface area contributed by atoms with Gasteiger partial charge in [0.05, 0.1) is 28.9 Å². The van der Waals surface area contributed by atoms with Crippen LogP contribution in [-0.4, -0.2) is 50.3 Å². The summed E-state index contributed by atoms with van der Waals surface area (Å²) >= 11 is 0. The van der Waals surface area contributed by atoms with E-state index < -0.39 is 5.54 Å². The van der Waals surface area contributed by atoms with Gasteiger partial charge in [0.15, 0.2) is 0 Å². The summed E-state index contributed by atoms with van der Waals surface area (Å²) < 4.78 is 0. The molecule has 0 saturated carbocycles. The van der Waals surface area contributed by atoms with Crippen molar-refractivity contribution in [3.05, 3.63) is 30.7 Å². The summed E-state index contributed by atoms with van der Waals surface area (Å²) in [5, 5.41) is 10.5. The molecule has 124 valence electrons. The van der Waals surface area contributed by atoms with Crippen LogP contribution in [0.1, 0.15) is 6.42 Å². The van der Waals surface area contributed by atoms with E-state index in [-0.39, 0.29) is 12.6 Å². The number of hydrogen-bond donors (Lipinski definition) is 4. The Morgan fingerprint density at radius 3 is 2.88 bits per heavy atom. The maximum absolute atomic E-state index is 9.53. The highest BCUT2D eigenvalue weighted by Gasteiger charge is 2.35. The lowest BCUT2D eigenvalue weighted by atomic mass is 10.0. The smallest absolute Gasteiger partial charge is 0.220 e. The summed E-state index contributed by atoms with van der Waals surface area (Å²) in [6.07, 6.45) is 6.02. The van der Waals surface area contributed by atoms with E-state index in [2.05, 4.69) is 24.8 Å². The first-order valence-electron chi connectivity index (χ1n) is 7.79. The SMILES string of the molecule is Nc1nccc(-c2c[nH]c3nccc(N4CCC(N)(CO)C4)c23)n1. The average Bonchev–Trinajstić information content (AvgIpc) is 3.19. The second-order valence-corrected chi connectivity index (χ2v) is 6.25. The van der Waals surface area contributed by atoms with Crippen LogP contribution in [-0.2, 0) is 0 Å². The highest BCUT2D eigenvalue weighted by Crippen LogP contribution is 2.36. The number of fused-ring (bicyclic) bond motifs is 1. The van der Waals surface area contributed by atoms with Crippen molar-refractivity contribution in [3.8, 4) is 11.3 Å². The van der Waals surface area contributed by atoms with Crippen LogP contribution in [0.5, 0.6) is 0 Å². The van der Waals surface area contributed by atoms with Crippen LogP contribution in [0.4, 0.5) is 11.6 Å². The lowest BCUT2D eigenvalue weighted by Gasteiger charge is -2.24. The molecule has 8 heteroatoms. The minimum absolute atomic E-state index is 0.0276. The summed E-state index contributed by atoms with van der Waals surface area (Å²) in [5.41, 5.74) is 14.8. The molecule has 0 radical (unpaired) electrons. The lowest BCUT2D eigenvalue weighted by molar-refractivity contribution is 0.210. The number of nitrogens with zero attached hydrogens (tertiary/aromatic N) is 4. The number of aliphatic hydroxyl groups is 1. The molecule has 0 aliphatic carbocycles. The molecule has 1 aliphatic heterocycles. The third-order valence-electron chi connectivity index (χ3n) is 4.54. The second-order valence-electron chi connectivity index (χ2n) is 6.25. The van der Waals surface area contributed by atoms with E-state index in [0.29, 0.717) is 6.54 Å². The lowest BCUT2D eigenvalue weighted by Crippen LogP contribution is -2.46.